The zero-order chi connectivity index (χ0) is 21.3. The molecule has 0 aliphatic heterocycles. The van der Waals surface area contributed by atoms with E-state index in [1.54, 1.807) is 0 Å². The third-order valence-electron chi connectivity index (χ3n) is 5.15. The summed E-state index contributed by atoms with van der Waals surface area (Å²) in [6.07, 6.45) is 14.0. The minimum Gasteiger partial charge on any atom is -0.468 e. The van der Waals surface area contributed by atoms with Crippen molar-refractivity contribution < 1.29 is 19.1 Å². The summed E-state index contributed by atoms with van der Waals surface area (Å²) in [7, 11) is 2.74. The lowest BCUT2D eigenvalue weighted by Crippen LogP contribution is -2.16. The van der Waals surface area contributed by atoms with Crippen molar-refractivity contribution in [1.29, 1.82) is 0 Å². The normalized spacial score (nSPS) is 11.8. The zero-order valence-corrected chi connectivity index (χ0v) is 19.2. The summed E-state index contributed by atoms with van der Waals surface area (Å²) in [5.41, 5.74) is 2.11. The molecule has 4 nitrogen and oxygen atoms in total. The van der Waals surface area contributed by atoms with Gasteiger partial charge in [-0.3, -0.25) is 9.59 Å². The molecule has 0 saturated heterocycles. The predicted octanol–water partition coefficient (Wildman–Crippen LogP) is 6.27. The number of hydrogen-bond acceptors (Lipinski definition) is 5. The second-order valence-corrected chi connectivity index (χ2v) is 8.51. The lowest BCUT2D eigenvalue weighted by atomic mass is 9.98. The van der Waals surface area contributed by atoms with Gasteiger partial charge >= 0.3 is 11.9 Å². The average molecular weight is 423 g/mol. The molecule has 0 N–H and O–H groups in total. The number of methoxy groups -OCH3 is 2. The second kappa shape index (κ2) is 16.3. The minimum absolute atomic E-state index is 0.128. The first-order chi connectivity index (χ1) is 14.1. The summed E-state index contributed by atoms with van der Waals surface area (Å²) >= 11 is 1.26. The number of carbonyl (C=O) groups excluding carboxylic acids is 2. The van der Waals surface area contributed by atoms with Crippen LogP contribution in [0.5, 0.6) is 0 Å². The van der Waals surface area contributed by atoms with Gasteiger partial charge in [-0.2, -0.15) is 0 Å². The number of ether oxygens (including phenoxy) is 2. The third-order valence-corrected chi connectivity index (χ3v) is 6.33. The average Bonchev–Trinajstić information content (AvgIpc) is 2.75. The fraction of sp³-hybridized carbons (Fsp3) is 0.667. The number of esters is 2. The van der Waals surface area contributed by atoms with E-state index in [1.165, 1.54) is 89.3 Å². The maximum Gasteiger partial charge on any atom is 0.323 e. The van der Waals surface area contributed by atoms with E-state index in [1.807, 2.05) is 18.2 Å². The van der Waals surface area contributed by atoms with E-state index in [-0.39, 0.29) is 17.7 Å². The first kappa shape index (κ1) is 25.5. The van der Waals surface area contributed by atoms with Gasteiger partial charge in [-0.05, 0) is 24.0 Å². The number of unbranched alkanes of at least 4 members (excludes halogenated alkanes) is 9. The Morgan fingerprint density at radius 1 is 0.862 bits per heavy atom. The fourth-order valence-corrected chi connectivity index (χ4v) is 4.49. The number of rotatable bonds is 16. The smallest absolute Gasteiger partial charge is 0.323 e. The van der Waals surface area contributed by atoms with Crippen LogP contribution in [0.3, 0.4) is 0 Å². The van der Waals surface area contributed by atoms with Crippen molar-refractivity contribution in [2.75, 3.05) is 20.0 Å². The maximum atomic E-state index is 12.3. The van der Waals surface area contributed by atoms with Crippen molar-refractivity contribution in [2.24, 2.45) is 0 Å². The summed E-state index contributed by atoms with van der Waals surface area (Å²) in [6.45, 7) is 2.25. The number of carbonyl (C=O) groups is 2. The summed E-state index contributed by atoms with van der Waals surface area (Å²) in [6, 6.07) is 8.00. The van der Waals surface area contributed by atoms with Crippen LogP contribution in [0.1, 0.15) is 87.5 Å². The number of thioether (sulfide) groups is 1. The largest absolute Gasteiger partial charge is 0.468 e. The molecular formula is C24H38O4S. The van der Waals surface area contributed by atoms with Gasteiger partial charge in [-0.1, -0.05) is 89.0 Å². The molecule has 1 aromatic rings. The summed E-state index contributed by atoms with van der Waals surface area (Å²) in [5.74, 6) is -0.534. The Labute approximate surface area is 181 Å². The van der Waals surface area contributed by atoms with Gasteiger partial charge in [0, 0.05) is 0 Å². The molecule has 164 valence electrons. The molecular weight excluding hydrogens is 384 g/mol. The van der Waals surface area contributed by atoms with Crippen molar-refractivity contribution in [3.05, 3.63) is 35.4 Å². The lowest BCUT2D eigenvalue weighted by Gasteiger charge is -2.18. The number of aryl methyl sites for hydroxylation is 1. The zero-order valence-electron chi connectivity index (χ0n) is 18.4. The Hall–Kier alpha value is -1.49. The molecule has 0 heterocycles. The van der Waals surface area contributed by atoms with Gasteiger partial charge in [-0.25, -0.2) is 0 Å². The van der Waals surface area contributed by atoms with Gasteiger partial charge in [0.15, 0.2) is 0 Å². The molecule has 1 unspecified atom stereocenters. The van der Waals surface area contributed by atoms with Crippen molar-refractivity contribution in [2.45, 2.75) is 82.8 Å². The van der Waals surface area contributed by atoms with E-state index in [2.05, 4.69) is 13.0 Å². The van der Waals surface area contributed by atoms with Crippen LogP contribution < -0.4 is 0 Å². The van der Waals surface area contributed by atoms with Gasteiger partial charge in [-0.15, -0.1) is 11.8 Å². The molecule has 0 fully saturated rings. The van der Waals surface area contributed by atoms with Crippen molar-refractivity contribution in [3.63, 3.8) is 0 Å². The first-order valence-corrected chi connectivity index (χ1v) is 12.0. The van der Waals surface area contributed by atoms with Crippen LogP contribution in [0, 0.1) is 0 Å². The topological polar surface area (TPSA) is 52.6 Å². The summed E-state index contributed by atoms with van der Waals surface area (Å²) in [5, 5.41) is -0.501. The predicted molar refractivity (Wildman–Crippen MR) is 121 cm³/mol. The van der Waals surface area contributed by atoms with E-state index in [0.29, 0.717) is 0 Å². The molecule has 0 radical (unpaired) electrons. The highest BCUT2D eigenvalue weighted by Crippen LogP contribution is 2.33. The van der Waals surface area contributed by atoms with Gasteiger partial charge in [0.2, 0.25) is 0 Å². The lowest BCUT2D eigenvalue weighted by molar-refractivity contribution is -0.140. The Kier molecular flexibility index (Phi) is 14.4. The van der Waals surface area contributed by atoms with Gasteiger partial charge in [0.25, 0.3) is 0 Å². The molecule has 5 heteroatoms. The van der Waals surface area contributed by atoms with Gasteiger partial charge in [0.05, 0.1) is 20.0 Å². The van der Waals surface area contributed by atoms with Crippen molar-refractivity contribution in [1.82, 2.24) is 0 Å². The Bertz CT molecular complexity index is 588. The Balaban J connectivity index is 2.48. The quantitative estimate of drug-likeness (QED) is 0.232. The highest BCUT2D eigenvalue weighted by molar-refractivity contribution is 8.00. The highest BCUT2D eigenvalue weighted by atomic mass is 32.2. The second-order valence-electron chi connectivity index (χ2n) is 7.42. The molecule has 0 spiro atoms. The molecule has 0 bridgehead atoms. The highest BCUT2D eigenvalue weighted by Gasteiger charge is 2.25. The fourth-order valence-electron chi connectivity index (χ4n) is 3.42. The van der Waals surface area contributed by atoms with E-state index in [0.717, 1.165) is 18.4 Å². The van der Waals surface area contributed by atoms with Crippen LogP contribution in [0.4, 0.5) is 0 Å². The molecule has 1 aromatic carbocycles. The van der Waals surface area contributed by atoms with E-state index < -0.39 is 5.25 Å². The van der Waals surface area contributed by atoms with E-state index in [9.17, 15) is 9.59 Å². The van der Waals surface area contributed by atoms with Gasteiger partial charge < -0.3 is 9.47 Å². The van der Waals surface area contributed by atoms with E-state index >= 15 is 0 Å². The van der Waals surface area contributed by atoms with Crippen LogP contribution in [-0.4, -0.2) is 31.9 Å². The van der Waals surface area contributed by atoms with Crippen LogP contribution in [0.25, 0.3) is 0 Å². The number of benzene rings is 1. The molecule has 1 rings (SSSR count). The monoisotopic (exact) mass is 422 g/mol. The molecule has 0 saturated carbocycles. The number of hydrogen-bond donors (Lipinski definition) is 0. The molecule has 0 amide bonds. The van der Waals surface area contributed by atoms with Crippen LogP contribution in [0.2, 0.25) is 0 Å². The Morgan fingerprint density at radius 3 is 2.03 bits per heavy atom. The maximum absolute atomic E-state index is 12.3. The molecule has 0 aliphatic rings. The van der Waals surface area contributed by atoms with Gasteiger partial charge in [0.1, 0.15) is 5.25 Å². The standard InChI is InChI=1S/C24H38O4S/c1-4-5-6-7-8-9-10-11-12-13-16-20-17-14-15-18-21(20)23(24(26)28-3)29-19-22(25)27-2/h14-15,17-18,23H,4-13,16,19H2,1-3H3. The van der Waals surface area contributed by atoms with Crippen LogP contribution in [-0.2, 0) is 25.5 Å². The molecule has 29 heavy (non-hydrogen) atoms. The first-order valence-electron chi connectivity index (χ1n) is 11.0. The minimum atomic E-state index is -0.501. The molecule has 0 aliphatic carbocycles. The van der Waals surface area contributed by atoms with E-state index in [4.69, 9.17) is 9.47 Å². The van der Waals surface area contributed by atoms with Crippen LogP contribution in [0.15, 0.2) is 24.3 Å². The van der Waals surface area contributed by atoms with Crippen LogP contribution >= 0.6 is 11.8 Å². The third kappa shape index (κ3) is 10.7. The summed E-state index contributed by atoms with van der Waals surface area (Å²) in [4.78, 5) is 23.8. The molecule has 0 aromatic heterocycles. The van der Waals surface area contributed by atoms with Crippen molar-refractivity contribution in [3.8, 4) is 0 Å². The van der Waals surface area contributed by atoms with Crippen molar-refractivity contribution >= 4 is 23.7 Å². The summed E-state index contributed by atoms with van der Waals surface area (Å²) < 4.78 is 9.69. The Morgan fingerprint density at radius 2 is 1.45 bits per heavy atom. The SMILES string of the molecule is CCCCCCCCCCCCc1ccccc1C(SCC(=O)OC)C(=O)OC. The molecule has 1 atom stereocenters.